The van der Waals surface area contributed by atoms with Gasteiger partial charge < -0.3 is 0 Å². The van der Waals surface area contributed by atoms with Gasteiger partial charge in [-0.3, -0.25) is 0 Å². The fraction of sp³-hybridized carbons (Fsp3) is 1.00. The molecule has 5 heteroatoms. The maximum absolute atomic E-state index is 12.0. The number of halogens is 1. The molecule has 0 aromatic rings. The van der Waals surface area contributed by atoms with E-state index < -0.39 is 10.0 Å². The van der Waals surface area contributed by atoms with Gasteiger partial charge in [-0.05, 0) is 31.1 Å². The number of alkyl halides is 1. The van der Waals surface area contributed by atoms with E-state index in [2.05, 4.69) is 13.8 Å². The van der Waals surface area contributed by atoms with Crippen molar-refractivity contribution in [3.63, 3.8) is 0 Å². The molecule has 0 atom stereocenters. The molecule has 0 radical (unpaired) electrons. The standard InChI is InChI=1S/C11H22ClNO2S/c1-10(2)5-8-16(14,15)13-6-3-11(9-12)4-7-13/h10-11H,3-9H2,1-2H3. The van der Waals surface area contributed by atoms with Gasteiger partial charge in [0.05, 0.1) is 5.75 Å². The van der Waals surface area contributed by atoms with Crippen molar-refractivity contribution in [3.05, 3.63) is 0 Å². The van der Waals surface area contributed by atoms with Crippen LogP contribution in [0.1, 0.15) is 33.1 Å². The molecule has 16 heavy (non-hydrogen) atoms. The molecule has 0 spiro atoms. The monoisotopic (exact) mass is 267 g/mol. The molecule has 0 N–H and O–H groups in total. The summed E-state index contributed by atoms with van der Waals surface area (Å²) in [4.78, 5) is 0. The van der Waals surface area contributed by atoms with Crippen molar-refractivity contribution in [2.75, 3.05) is 24.7 Å². The van der Waals surface area contributed by atoms with Crippen molar-refractivity contribution in [2.45, 2.75) is 33.1 Å². The topological polar surface area (TPSA) is 37.4 Å². The van der Waals surface area contributed by atoms with Crippen LogP contribution in [0.3, 0.4) is 0 Å². The number of rotatable bonds is 5. The van der Waals surface area contributed by atoms with E-state index in [0.717, 1.165) is 19.3 Å². The Labute approximate surface area is 104 Å². The third-order valence-corrected chi connectivity index (χ3v) is 5.48. The number of hydrogen-bond acceptors (Lipinski definition) is 2. The van der Waals surface area contributed by atoms with Gasteiger partial charge in [0.25, 0.3) is 0 Å². The van der Waals surface area contributed by atoms with Crippen molar-refractivity contribution < 1.29 is 8.42 Å². The first-order valence-corrected chi connectivity index (χ1v) is 8.14. The van der Waals surface area contributed by atoms with Crippen LogP contribution >= 0.6 is 11.6 Å². The molecular formula is C11H22ClNO2S. The molecule has 0 amide bonds. The zero-order chi connectivity index (χ0) is 12.2. The van der Waals surface area contributed by atoms with Crippen LogP contribution in [0.25, 0.3) is 0 Å². The summed E-state index contributed by atoms with van der Waals surface area (Å²) in [6.07, 6.45) is 2.56. The minimum atomic E-state index is -3.02. The fourth-order valence-electron chi connectivity index (χ4n) is 1.86. The van der Waals surface area contributed by atoms with Gasteiger partial charge in [-0.25, -0.2) is 12.7 Å². The van der Waals surface area contributed by atoms with E-state index in [-0.39, 0.29) is 5.75 Å². The summed E-state index contributed by atoms with van der Waals surface area (Å²) in [6, 6.07) is 0. The van der Waals surface area contributed by atoms with Crippen LogP contribution in [0.2, 0.25) is 0 Å². The Hall–Kier alpha value is 0.200. The second-order valence-corrected chi connectivity index (χ2v) is 7.39. The van der Waals surface area contributed by atoms with E-state index in [0.29, 0.717) is 30.8 Å². The average molecular weight is 268 g/mol. The minimum absolute atomic E-state index is 0.288. The Morgan fingerprint density at radius 1 is 1.31 bits per heavy atom. The van der Waals surface area contributed by atoms with Gasteiger partial charge in [0.2, 0.25) is 10.0 Å². The smallest absolute Gasteiger partial charge is 0.212 e. The molecule has 1 aliphatic rings. The predicted molar refractivity (Wildman–Crippen MR) is 68.3 cm³/mol. The molecule has 1 heterocycles. The highest BCUT2D eigenvalue weighted by Crippen LogP contribution is 2.21. The summed E-state index contributed by atoms with van der Waals surface area (Å²) in [5, 5.41) is 0. The maximum Gasteiger partial charge on any atom is 0.214 e. The van der Waals surface area contributed by atoms with Crippen molar-refractivity contribution in [1.29, 1.82) is 0 Å². The lowest BCUT2D eigenvalue weighted by molar-refractivity contribution is 0.289. The molecule has 0 aliphatic carbocycles. The van der Waals surface area contributed by atoms with E-state index in [1.165, 1.54) is 0 Å². The highest BCUT2D eigenvalue weighted by atomic mass is 35.5. The second-order valence-electron chi connectivity index (χ2n) is 5.00. The summed E-state index contributed by atoms with van der Waals surface area (Å²) in [5.74, 6) is 1.88. The van der Waals surface area contributed by atoms with E-state index in [4.69, 9.17) is 11.6 Å². The van der Waals surface area contributed by atoms with Crippen molar-refractivity contribution in [2.24, 2.45) is 11.8 Å². The molecule has 0 aromatic carbocycles. The third kappa shape index (κ3) is 4.22. The number of hydrogen-bond donors (Lipinski definition) is 0. The van der Waals surface area contributed by atoms with Gasteiger partial charge in [-0.2, -0.15) is 0 Å². The third-order valence-electron chi connectivity index (χ3n) is 3.14. The molecule has 0 saturated carbocycles. The zero-order valence-electron chi connectivity index (χ0n) is 10.2. The van der Waals surface area contributed by atoms with Crippen LogP contribution in [0, 0.1) is 11.8 Å². The molecule has 0 aromatic heterocycles. The molecule has 1 aliphatic heterocycles. The average Bonchev–Trinajstić information content (AvgIpc) is 2.27. The molecule has 1 saturated heterocycles. The lowest BCUT2D eigenvalue weighted by Crippen LogP contribution is -2.40. The Bertz CT molecular complexity index is 295. The maximum atomic E-state index is 12.0. The van der Waals surface area contributed by atoms with Crippen LogP contribution in [0.5, 0.6) is 0 Å². The quantitative estimate of drug-likeness (QED) is 0.717. The van der Waals surface area contributed by atoms with E-state index in [9.17, 15) is 8.42 Å². The highest BCUT2D eigenvalue weighted by Gasteiger charge is 2.27. The lowest BCUT2D eigenvalue weighted by Gasteiger charge is -2.30. The predicted octanol–water partition coefficient (Wildman–Crippen LogP) is 2.31. The Balaban J connectivity index is 2.45. The van der Waals surface area contributed by atoms with E-state index in [1.807, 2.05) is 0 Å². The molecule has 96 valence electrons. The molecular weight excluding hydrogens is 246 g/mol. The SMILES string of the molecule is CC(C)CCS(=O)(=O)N1CCC(CCl)CC1. The van der Waals surface area contributed by atoms with E-state index in [1.54, 1.807) is 4.31 Å². The van der Waals surface area contributed by atoms with Gasteiger partial charge in [0.15, 0.2) is 0 Å². The summed E-state index contributed by atoms with van der Waals surface area (Å²) in [6.45, 7) is 5.40. The minimum Gasteiger partial charge on any atom is -0.212 e. The Morgan fingerprint density at radius 3 is 2.31 bits per heavy atom. The fourth-order valence-corrected chi connectivity index (χ4v) is 3.96. The molecule has 3 nitrogen and oxygen atoms in total. The van der Waals surface area contributed by atoms with Crippen molar-refractivity contribution in [3.8, 4) is 0 Å². The summed E-state index contributed by atoms with van der Waals surface area (Å²) < 4.78 is 25.6. The Kier molecular flexibility index (Phi) is 5.54. The van der Waals surface area contributed by atoms with Crippen LogP contribution in [0.15, 0.2) is 0 Å². The highest BCUT2D eigenvalue weighted by molar-refractivity contribution is 7.89. The second kappa shape index (κ2) is 6.22. The van der Waals surface area contributed by atoms with Gasteiger partial charge in [0.1, 0.15) is 0 Å². The first-order chi connectivity index (χ1) is 7.45. The number of nitrogens with zero attached hydrogens (tertiary/aromatic N) is 1. The largest absolute Gasteiger partial charge is 0.214 e. The van der Waals surface area contributed by atoms with Crippen LogP contribution in [-0.2, 0) is 10.0 Å². The van der Waals surface area contributed by atoms with Crippen LogP contribution in [0.4, 0.5) is 0 Å². The van der Waals surface area contributed by atoms with Crippen LogP contribution in [-0.4, -0.2) is 37.4 Å². The zero-order valence-corrected chi connectivity index (χ0v) is 11.7. The first-order valence-electron chi connectivity index (χ1n) is 5.99. The lowest BCUT2D eigenvalue weighted by atomic mass is 10.0. The summed E-state index contributed by atoms with van der Waals surface area (Å²) in [7, 11) is -3.02. The molecule has 0 bridgehead atoms. The van der Waals surface area contributed by atoms with Gasteiger partial charge in [0, 0.05) is 19.0 Å². The van der Waals surface area contributed by atoms with Crippen molar-refractivity contribution in [1.82, 2.24) is 4.31 Å². The normalized spacial score (nSPS) is 20.5. The van der Waals surface area contributed by atoms with Gasteiger partial charge >= 0.3 is 0 Å². The molecule has 1 rings (SSSR count). The summed E-state index contributed by atoms with van der Waals surface area (Å²) >= 11 is 5.78. The van der Waals surface area contributed by atoms with Crippen molar-refractivity contribution >= 4 is 21.6 Å². The van der Waals surface area contributed by atoms with E-state index >= 15 is 0 Å². The number of piperidine rings is 1. The summed E-state index contributed by atoms with van der Waals surface area (Å²) in [5.41, 5.74) is 0. The molecule has 0 unspecified atom stereocenters. The van der Waals surface area contributed by atoms with Gasteiger partial charge in [-0.1, -0.05) is 13.8 Å². The Morgan fingerprint density at radius 2 is 1.88 bits per heavy atom. The van der Waals surface area contributed by atoms with Crippen LogP contribution < -0.4 is 0 Å². The number of sulfonamides is 1. The first kappa shape index (κ1) is 14.3. The molecule has 1 fully saturated rings. The van der Waals surface area contributed by atoms with Gasteiger partial charge in [-0.15, -0.1) is 11.6 Å².